The summed E-state index contributed by atoms with van der Waals surface area (Å²) in [6, 6.07) is 8.97. The Kier molecular flexibility index (Phi) is 3.83. The summed E-state index contributed by atoms with van der Waals surface area (Å²) in [7, 11) is 0. The van der Waals surface area contributed by atoms with Crippen molar-refractivity contribution in [3.05, 3.63) is 35.9 Å². The van der Waals surface area contributed by atoms with Crippen molar-refractivity contribution in [2.24, 2.45) is 0 Å². The van der Waals surface area contributed by atoms with Crippen LogP contribution >= 0.6 is 15.9 Å². The van der Waals surface area contributed by atoms with Crippen molar-refractivity contribution in [2.45, 2.75) is 12.8 Å². The molecule has 0 bridgehead atoms. The number of halogens is 1. The van der Waals surface area contributed by atoms with Gasteiger partial charge >= 0.3 is 0 Å². The first-order valence-electron chi connectivity index (χ1n) is 3.97. The smallest absolute Gasteiger partial charge is 0.198 e. The molecule has 68 valence electrons. The third kappa shape index (κ3) is 3.51. The van der Waals surface area contributed by atoms with Crippen LogP contribution in [0.4, 0.5) is 0 Å². The lowest BCUT2D eigenvalue weighted by Gasteiger charge is -1.97. The van der Waals surface area contributed by atoms with Crippen molar-refractivity contribution >= 4 is 26.4 Å². The Labute approximate surface area is 85.1 Å². The molecule has 0 saturated heterocycles. The minimum Gasteiger partial charge on any atom is -0.294 e. The van der Waals surface area contributed by atoms with Crippen molar-refractivity contribution in [1.29, 1.82) is 0 Å². The molecule has 0 aromatic heterocycles. The Balaban J connectivity index is 2.54. The van der Waals surface area contributed by atoms with Crippen LogP contribution in [0.25, 0.3) is 0 Å². The van der Waals surface area contributed by atoms with Crippen molar-refractivity contribution in [3.63, 3.8) is 0 Å². The lowest BCUT2D eigenvalue weighted by Crippen LogP contribution is -2.00. The lowest BCUT2D eigenvalue weighted by molar-refractivity contribution is -0.110. The molecule has 0 aliphatic rings. The van der Waals surface area contributed by atoms with Crippen molar-refractivity contribution < 1.29 is 9.59 Å². The molecule has 1 aromatic carbocycles. The second-order valence-electron chi connectivity index (χ2n) is 2.64. The van der Waals surface area contributed by atoms with Gasteiger partial charge in [0, 0.05) is 18.4 Å². The highest BCUT2D eigenvalue weighted by atomic mass is 79.9. The Morgan fingerprint density at radius 2 is 1.69 bits per heavy atom. The molecule has 0 amide bonds. The highest BCUT2D eigenvalue weighted by molar-refractivity contribution is 9.18. The van der Waals surface area contributed by atoms with Crippen LogP contribution in [-0.2, 0) is 4.79 Å². The molecule has 2 nitrogen and oxygen atoms in total. The summed E-state index contributed by atoms with van der Waals surface area (Å²) in [6.07, 6.45) is 0.530. The molecule has 0 unspecified atom stereocenters. The van der Waals surface area contributed by atoms with E-state index < -0.39 is 0 Å². The number of carbonyl (C=O) groups excluding carboxylic acids is 2. The van der Waals surface area contributed by atoms with Crippen LogP contribution < -0.4 is 0 Å². The highest BCUT2D eigenvalue weighted by Crippen LogP contribution is 2.06. The Morgan fingerprint density at radius 3 is 2.23 bits per heavy atom. The molecule has 0 saturated carbocycles. The largest absolute Gasteiger partial charge is 0.294 e. The number of hydrogen-bond donors (Lipinski definition) is 0. The second kappa shape index (κ2) is 4.92. The van der Waals surface area contributed by atoms with E-state index in [1.807, 2.05) is 18.2 Å². The van der Waals surface area contributed by atoms with Crippen LogP contribution in [0.2, 0.25) is 0 Å². The van der Waals surface area contributed by atoms with E-state index in [1.54, 1.807) is 12.1 Å². The maximum absolute atomic E-state index is 11.4. The summed E-state index contributed by atoms with van der Waals surface area (Å²) < 4.78 is -0.128. The fourth-order valence-electron chi connectivity index (χ4n) is 0.980. The number of benzene rings is 1. The molecule has 0 atom stereocenters. The number of hydrogen-bond acceptors (Lipinski definition) is 2. The van der Waals surface area contributed by atoms with Crippen LogP contribution in [0.1, 0.15) is 23.2 Å². The van der Waals surface area contributed by atoms with Crippen LogP contribution in [0.5, 0.6) is 0 Å². The van der Waals surface area contributed by atoms with Crippen LogP contribution in [-0.4, -0.2) is 10.5 Å². The molecular formula is C10H9BrO2. The molecule has 0 heterocycles. The third-order valence-electron chi connectivity index (χ3n) is 1.64. The first-order valence-corrected chi connectivity index (χ1v) is 4.76. The first-order chi connectivity index (χ1) is 6.20. The van der Waals surface area contributed by atoms with Crippen LogP contribution in [0, 0.1) is 0 Å². The predicted molar refractivity (Wildman–Crippen MR) is 53.9 cm³/mol. The Morgan fingerprint density at radius 1 is 1.08 bits per heavy atom. The first kappa shape index (κ1) is 10.1. The SMILES string of the molecule is O=C(Br)CCC(=O)c1ccccc1. The summed E-state index contributed by atoms with van der Waals surface area (Å²) in [4.78, 5) is 21.9. The van der Waals surface area contributed by atoms with Crippen LogP contribution in [0.15, 0.2) is 30.3 Å². The van der Waals surface area contributed by atoms with E-state index in [9.17, 15) is 9.59 Å². The number of ketones is 1. The molecule has 0 spiro atoms. The van der Waals surface area contributed by atoms with Gasteiger partial charge < -0.3 is 0 Å². The second-order valence-corrected chi connectivity index (χ2v) is 3.53. The number of rotatable bonds is 4. The van der Waals surface area contributed by atoms with Gasteiger partial charge in [0.15, 0.2) is 10.5 Å². The summed E-state index contributed by atoms with van der Waals surface area (Å²) in [5.41, 5.74) is 0.663. The zero-order valence-corrected chi connectivity index (χ0v) is 8.58. The lowest BCUT2D eigenvalue weighted by atomic mass is 10.1. The van der Waals surface area contributed by atoms with Gasteiger partial charge in [-0.25, -0.2) is 0 Å². The summed E-state index contributed by atoms with van der Waals surface area (Å²) in [6.45, 7) is 0. The molecule has 0 aliphatic carbocycles. The minimum atomic E-state index is -0.128. The zero-order chi connectivity index (χ0) is 9.68. The van der Waals surface area contributed by atoms with Gasteiger partial charge in [-0.2, -0.15) is 0 Å². The van der Waals surface area contributed by atoms with Gasteiger partial charge in [0.1, 0.15) is 0 Å². The predicted octanol–water partition coefficient (Wildman–Crippen LogP) is 2.57. The van der Waals surface area contributed by atoms with E-state index in [1.165, 1.54) is 0 Å². The highest BCUT2D eigenvalue weighted by Gasteiger charge is 2.06. The molecule has 0 N–H and O–H groups in total. The van der Waals surface area contributed by atoms with E-state index >= 15 is 0 Å². The van der Waals surface area contributed by atoms with Gasteiger partial charge in [-0.1, -0.05) is 30.3 Å². The molecule has 1 aromatic rings. The number of Topliss-reactive ketones (excluding diaryl/α,β-unsaturated/α-hetero) is 1. The zero-order valence-electron chi connectivity index (χ0n) is 7.00. The summed E-state index contributed by atoms with van der Waals surface area (Å²) >= 11 is 2.78. The molecule has 13 heavy (non-hydrogen) atoms. The van der Waals surface area contributed by atoms with Gasteiger partial charge in [0.25, 0.3) is 0 Å². The van der Waals surface area contributed by atoms with Gasteiger partial charge in [-0.3, -0.25) is 9.59 Å². The van der Waals surface area contributed by atoms with E-state index in [4.69, 9.17) is 0 Å². The molecular weight excluding hydrogens is 232 g/mol. The van der Waals surface area contributed by atoms with Crippen LogP contribution in [0.3, 0.4) is 0 Å². The fourth-order valence-corrected chi connectivity index (χ4v) is 1.18. The van der Waals surface area contributed by atoms with Gasteiger partial charge in [-0.15, -0.1) is 0 Å². The van der Waals surface area contributed by atoms with Crippen molar-refractivity contribution in [3.8, 4) is 0 Å². The standard InChI is InChI=1S/C10H9BrO2/c11-10(13)7-6-9(12)8-4-2-1-3-5-8/h1-5H,6-7H2. The third-order valence-corrected chi connectivity index (χ3v) is 2.04. The summed E-state index contributed by atoms with van der Waals surface area (Å²) in [5.74, 6) is 0.00778. The normalized spacial score (nSPS) is 9.62. The van der Waals surface area contributed by atoms with E-state index in [0.717, 1.165) is 0 Å². The Bertz CT molecular complexity index is 306. The molecule has 0 aliphatic heterocycles. The maximum Gasteiger partial charge on any atom is 0.198 e. The molecule has 0 radical (unpaired) electrons. The van der Waals surface area contributed by atoms with Gasteiger partial charge in [-0.05, 0) is 15.9 Å². The average Bonchev–Trinajstić information content (AvgIpc) is 2.15. The molecule has 1 rings (SSSR count). The van der Waals surface area contributed by atoms with Gasteiger partial charge in [0.05, 0.1) is 0 Å². The molecule has 3 heteroatoms. The minimum absolute atomic E-state index is 0.00778. The average molecular weight is 241 g/mol. The fraction of sp³-hybridized carbons (Fsp3) is 0.200. The van der Waals surface area contributed by atoms with E-state index in [0.29, 0.717) is 5.56 Å². The van der Waals surface area contributed by atoms with Crippen molar-refractivity contribution in [1.82, 2.24) is 0 Å². The molecule has 0 fully saturated rings. The number of carbonyl (C=O) groups is 2. The van der Waals surface area contributed by atoms with Crippen molar-refractivity contribution in [2.75, 3.05) is 0 Å². The maximum atomic E-state index is 11.4. The quantitative estimate of drug-likeness (QED) is 0.599. The van der Waals surface area contributed by atoms with E-state index in [-0.39, 0.29) is 23.3 Å². The van der Waals surface area contributed by atoms with Gasteiger partial charge in [0.2, 0.25) is 0 Å². The topological polar surface area (TPSA) is 34.1 Å². The van der Waals surface area contributed by atoms with E-state index in [2.05, 4.69) is 15.9 Å². The Hall–Kier alpha value is -0.960. The monoisotopic (exact) mass is 240 g/mol. The summed E-state index contributed by atoms with van der Waals surface area (Å²) in [5, 5.41) is 0.